The predicted molar refractivity (Wildman–Crippen MR) is 76.2 cm³/mol. The predicted octanol–water partition coefficient (Wildman–Crippen LogP) is 2.73. The van der Waals surface area contributed by atoms with Crippen LogP contribution in [0, 0.1) is 17.8 Å². The third-order valence-corrected chi connectivity index (χ3v) is 5.64. The van der Waals surface area contributed by atoms with E-state index in [0.717, 1.165) is 34.7 Å². The van der Waals surface area contributed by atoms with Gasteiger partial charge in [-0.3, -0.25) is 0 Å². The molecule has 0 spiro atoms. The molecule has 0 saturated heterocycles. The molecule has 5 nitrogen and oxygen atoms in total. The molecule has 0 atom stereocenters. The highest BCUT2D eigenvalue weighted by molar-refractivity contribution is 5.82. The first-order valence-electron chi connectivity index (χ1n) is 7.72. The van der Waals surface area contributed by atoms with Crippen molar-refractivity contribution in [3.8, 4) is 0 Å². The minimum Gasteiger partial charge on any atom is -0.363 e. The zero-order valence-electron chi connectivity index (χ0n) is 11.5. The number of imidazole rings is 1. The summed E-state index contributed by atoms with van der Waals surface area (Å²) in [6.07, 6.45) is 11.7. The van der Waals surface area contributed by atoms with Crippen LogP contribution < -0.4 is 5.32 Å². The molecular formula is C15H19N5. The summed E-state index contributed by atoms with van der Waals surface area (Å²) in [6, 6.07) is 0. The Bertz CT molecular complexity index is 626. The molecule has 2 aromatic rings. The van der Waals surface area contributed by atoms with Crippen LogP contribution in [0.2, 0.25) is 0 Å². The van der Waals surface area contributed by atoms with Gasteiger partial charge in [-0.25, -0.2) is 15.0 Å². The topological polar surface area (TPSA) is 66.5 Å². The number of nitrogens with zero attached hydrogens (tertiary/aromatic N) is 3. The highest BCUT2D eigenvalue weighted by Gasteiger charge is 2.51. The Hall–Kier alpha value is -1.65. The molecule has 2 aromatic heterocycles. The van der Waals surface area contributed by atoms with Crippen LogP contribution in [0.25, 0.3) is 11.2 Å². The van der Waals surface area contributed by atoms with Crippen molar-refractivity contribution in [2.45, 2.75) is 44.1 Å². The minimum atomic E-state index is 0.279. The highest BCUT2D eigenvalue weighted by Crippen LogP contribution is 2.56. The monoisotopic (exact) mass is 269 g/mol. The second-order valence-corrected chi connectivity index (χ2v) is 7.15. The van der Waals surface area contributed by atoms with Crippen molar-refractivity contribution in [3.05, 3.63) is 12.7 Å². The van der Waals surface area contributed by atoms with Crippen molar-refractivity contribution in [2.75, 3.05) is 5.32 Å². The summed E-state index contributed by atoms with van der Waals surface area (Å²) in [6.45, 7) is 0. The molecule has 2 heterocycles. The summed E-state index contributed by atoms with van der Waals surface area (Å²) in [5.41, 5.74) is 1.98. The van der Waals surface area contributed by atoms with E-state index >= 15 is 0 Å². The van der Waals surface area contributed by atoms with Gasteiger partial charge in [0.2, 0.25) is 0 Å². The van der Waals surface area contributed by atoms with E-state index in [4.69, 9.17) is 0 Å². The van der Waals surface area contributed by atoms with Gasteiger partial charge in [0.15, 0.2) is 11.5 Å². The molecule has 4 bridgehead atoms. The fourth-order valence-corrected chi connectivity index (χ4v) is 5.37. The Kier molecular flexibility index (Phi) is 2.05. The van der Waals surface area contributed by atoms with Crippen molar-refractivity contribution in [1.29, 1.82) is 0 Å². The maximum absolute atomic E-state index is 4.46. The van der Waals surface area contributed by atoms with E-state index in [-0.39, 0.29) is 5.54 Å². The van der Waals surface area contributed by atoms with Gasteiger partial charge < -0.3 is 10.3 Å². The van der Waals surface area contributed by atoms with Gasteiger partial charge in [0.25, 0.3) is 0 Å². The van der Waals surface area contributed by atoms with Crippen molar-refractivity contribution < 1.29 is 0 Å². The number of aromatic nitrogens is 4. The first-order valence-corrected chi connectivity index (χ1v) is 7.72. The zero-order chi connectivity index (χ0) is 13.2. The summed E-state index contributed by atoms with van der Waals surface area (Å²) >= 11 is 0. The van der Waals surface area contributed by atoms with Crippen LogP contribution in [0.15, 0.2) is 12.7 Å². The average molecular weight is 269 g/mol. The van der Waals surface area contributed by atoms with E-state index in [1.54, 1.807) is 12.7 Å². The lowest BCUT2D eigenvalue weighted by Crippen LogP contribution is -2.54. The van der Waals surface area contributed by atoms with E-state index in [0.29, 0.717) is 0 Å². The molecule has 0 unspecified atom stereocenters. The Morgan fingerprint density at radius 2 is 1.70 bits per heavy atom. The highest BCUT2D eigenvalue weighted by atomic mass is 15.1. The van der Waals surface area contributed by atoms with Gasteiger partial charge in [0.1, 0.15) is 11.8 Å². The number of nitrogens with one attached hydrogen (secondary N) is 2. The molecule has 5 heteroatoms. The second-order valence-electron chi connectivity index (χ2n) is 7.15. The second kappa shape index (κ2) is 3.71. The van der Waals surface area contributed by atoms with E-state index in [1.165, 1.54) is 38.5 Å². The van der Waals surface area contributed by atoms with Crippen LogP contribution >= 0.6 is 0 Å². The fourth-order valence-electron chi connectivity index (χ4n) is 5.37. The summed E-state index contributed by atoms with van der Waals surface area (Å²) in [5, 5.41) is 3.79. The largest absolute Gasteiger partial charge is 0.363 e. The normalized spacial score (nSPS) is 38.5. The smallest absolute Gasteiger partial charge is 0.182 e. The van der Waals surface area contributed by atoms with Crippen molar-refractivity contribution >= 4 is 17.0 Å². The van der Waals surface area contributed by atoms with Gasteiger partial charge in [-0.15, -0.1) is 0 Å². The number of H-pyrrole nitrogens is 1. The third-order valence-electron chi connectivity index (χ3n) is 5.64. The van der Waals surface area contributed by atoms with Gasteiger partial charge >= 0.3 is 0 Å². The Balaban J connectivity index is 1.53. The van der Waals surface area contributed by atoms with Gasteiger partial charge in [-0.1, -0.05) is 0 Å². The number of anilines is 1. The van der Waals surface area contributed by atoms with Crippen LogP contribution in [0.5, 0.6) is 0 Å². The van der Waals surface area contributed by atoms with E-state index in [9.17, 15) is 0 Å². The molecule has 4 aliphatic rings. The van der Waals surface area contributed by atoms with Crippen LogP contribution in [0.3, 0.4) is 0 Å². The van der Waals surface area contributed by atoms with Crippen LogP contribution in [-0.2, 0) is 0 Å². The van der Waals surface area contributed by atoms with Gasteiger partial charge in [-0.05, 0) is 56.3 Å². The van der Waals surface area contributed by atoms with Crippen molar-refractivity contribution in [1.82, 2.24) is 19.9 Å². The lowest BCUT2D eigenvalue weighted by molar-refractivity contribution is 0.0106. The molecule has 0 aliphatic heterocycles. The standard InChI is InChI=1S/C15H19N5/c1-9-2-11-3-10(1)5-15(4-9,6-11)20-14-12-13(17-7-16-12)18-8-19-14/h7-11H,1-6H2,(H2,16,17,18,19,20). The maximum Gasteiger partial charge on any atom is 0.182 e. The number of rotatable bonds is 2. The average Bonchev–Trinajstić information content (AvgIpc) is 2.86. The number of hydrogen-bond donors (Lipinski definition) is 2. The summed E-state index contributed by atoms with van der Waals surface area (Å²) in [4.78, 5) is 16.1. The molecule has 0 radical (unpaired) electrons. The molecule has 0 aromatic carbocycles. The molecule has 6 rings (SSSR count). The summed E-state index contributed by atoms with van der Waals surface area (Å²) in [7, 11) is 0. The minimum absolute atomic E-state index is 0.279. The maximum atomic E-state index is 4.46. The number of fused-ring (bicyclic) bond motifs is 1. The first kappa shape index (κ1) is 11.1. The molecule has 0 amide bonds. The molecule has 4 aliphatic carbocycles. The van der Waals surface area contributed by atoms with Gasteiger partial charge in [0, 0.05) is 5.54 Å². The van der Waals surface area contributed by atoms with Gasteiger partial charge in [0.05, 0.1) is 6.33 Å². The molecule has 2 N–H and O–H groups in total. The van der Waals surface area contributed by atoms with Crippen molar-refractivity contribution in [2.24, 2.45) is 17.8 Å². The molecule has 4 saturated carbocycles. The third kappa shape index (κ3) is 1.52. The Labute approximate surface area is 117 Å². The van der Waals surface area contributed by atoms with Crippen LogP contribution in [0.4, 0.5) is 5.82 Å². The Morgan fingerprint density at radius 1 is 1.00 bits per heavy atom. The molecule has 4 fully saturated rings. The Morgan fingerprint density at radius 3 is 2.40 bits per heavy atom. The van der Waals surface area contributed by atoms with E-state index < -0.39 is 0 Å². The summed E-state index contributed by atoms with van der Waals surface area (Å²) < 4.78 is 0. The zero-order valence-corrected chi connectivity index (χ0v) is 11.5. The SMILES string of the molecule is c1nc(NC23CC4CC(CC(C4)C2)C3)c2[nH]cnc2n1. The quantitative estimate of drug-likeness (QED) is 0.879. The lowest BCUT2D eigenvalue weighted by Gasteiger charge is -2.57. The molecule has 104 valence electrons. The first-order chi connectivity index (χ1) is 9.80. The number of aromatic amines is 1. The van der Waals surface area contributed by atoms with Gasteiger partial charge in [-0.2, -0.15) is 0 Å². The van der Waals surface area contributed by atoms with E-state index in [1.807, 2.05) is 0 Å². The molecular weight excluding hydrogens is 250 g/mol. The lowest BCUT2D eigenvalue weighted by atomic mass is 9.53. The van der Waals surface area contributed by atoms with Crippen molar-refractivity contribution in [3.63, 3.8) is 0 Å². The summed E-state index contributed by atoms with van der Waals surface area (Å²) in [5.74, 6) is 3.75. The van der Waals surface area contributed by atoms with Crippen LogP contribution in [-0.4, -0.2) is 25.5 Å². The molecule has 20 heavy (non-hydrogen) atoms. The van der Waals surface area contributed by atoms with Crippen LogP contribution in [0.1, 0.15) is 38.5 Å². The van der Waals surface area contributed by atoms with E-state index in [2.05, 4.69) is 25.3 Å². The number of hydrogen-bond acceptors (Lipinski definition) is 4. The fraction of sp³-hybridized carbons (Fsp3) is 0.667.